The second-order valence-corrected chi connectivity index (χ2v) is 5.05. The summed E-state index contributed by atoms with van der Waals surface area (Å²) in [6.45, 7) is 0. The van der Waals surface area contributed by atoms with Gasteiger partial charge in [0.05, 0.1) is 16.8 Å². The maximum Gasteiger partial charge on any atom is 0.417 e. The van der Waals surface area contributed by atoms with Crippen molar-refractivity contribution in [2.45, 2.75) is 6.18 Å². The van der Waals surface area contributed by atoms with Gasteiger partial charge in [0.25, 0.3) is 0 Å². The molecule has 1 aromatic carbocycles. The number of ketones is 1. The van der Waals surface area contributed by atoms with Crippen LogP contribution in [-0.2, 0) is 6.18 Å². The molecular weight excluding hydrogens is 317 g/mol. The minimum atomic E-state index is -4.44. The van der Waals surface area contributed by atoms with E-state index in [4.69, 9.17) is 0 Å². The molecule has 0 N–H and O–H groups in total. The van der Waals surface area contributed by atoms with Gasteiger partial charge in [0.15, 0.2) is 5.78 Å². The van der Waals surface area contributed by atoms with Gasteiger partial charge in [-0.3, -0.25) is 9.78 Å². The van der Waals surface area contributed by atoms with Gasteiger partial charge < -0.3 is 0 Å². The summed E-state index contributed by atoms with van der Waals surface area (Å²) in [7, 11) is 0. The topological polar surface area (TPSA) is 42.9 Å². The molecule has 120 valence electrons. The van der Waals surface area contributed by atoms with Crippen LogP contribution in [0.15, 0.2) is 60.9 Å². The zero-order chi connectivity index (χ0) is 17.2. The third kappa shape index (κ3) is 3.32. The van der Waals surface area contributed by atoms with E-state index in [0.29, 0.717) is 11.3 Å². The molecule has 0 radical (unpaired) electrons. The van der Waals surface area contributed by atoms with Crippen molar-refractivity contribution in [1.29, 1.82) is 0 Å². The van der Waals surface area contributed by atoms with Crippen molar-refractivity contribution in [3.8, 4) is 0 Å². The predicted octanol–water partition coefficient (Wildman–Crippen LogP) is 4.54. The number of pyridine rings is 2. The van der Waals surface area contributed by atoms with E-state index in [2.05, 4.69) is 9.97 Å². The Morgan fingerprint density at radius 1 is 1.04 bits per heavy atom. The Kier molecular flexibility index (Phi) is 4.12. The monoisotopic (exact) mass is 328 g/mol. The maximum atomic E-state index is 13.0. The van der Waals surface area contributed by atoms with Crippen molar-refractivity contribution in [2.75, 3.05) is 0 Å². The number of carbonyl (C=O) groups is 1. The lowest BCUT2D eigenvalue weighted by molar-refractivity contribution is -0.136. The van der Waals surface area contributed by atoms with E-state index >= 15 is 0 Å². The van der Waals surface area contributed by atoms with E-state index in [1.807, 2.05) is 0 Å². The highest BCUT2D eigenvalue weighted by molar-refractivity contribution is 6.06. The first-order chi connectivity index (χ1) is 11.4. The smallest absolute Gasteiger partial charge is 0.289 e. The fourth-order valence-corrected chi connectivity index (χ4v) is 2.28. The Bertz CT molecular complexity index is 918. The number of alkyl halides is 3. The van der Waals surface area contributed by atoms with Crippen LogP contribution < -0.4 is 0 Å². The maximum absolute atomic E-state index is 13.0. The second-order valence-electron chi connectivity index (χ2n) is 5.05. The molecule has 0 spiro atoms. The molecule has 0 aliphatic rings. The van der Waals surface area contributed by atoms with Gasteiger partial charge in [-0.1, -0.05) is 12.1 Å². The molecule has 0 unspecified atom stereocenters. The fourth-order valence-electron chi connectivity index (χ4n) is 2.28. The highest BCUT2D eigenvalue weighted by atomic mass is 19.4. The molecule has 3 aromatic rings. The van der Waals surface area contributed by atoms with E-state index in [0.717, 1.165) is 6.07 Å². The molecule has 0 aliphatic heterocycles. The molecule has 24 heavy (non-hydrogen) atoms. The number of carbonyl (C=O) groups excluding carboxylic acids is 1. The van der Waals surface area contributed by atoms with Crippen LogP contribution in [0.2, 0.25) is 0 Å². The number of nitrogens with zero attached hydrogens (tertiary/aromatic N) is 2. The average molecular weight is 328 g/mol. The lowest BCUT2D eigenvalue weighted by atomic mass is 10.1. The molecule has 0 saturated heterocycles. The van der Waals surface area contributed by atoms with Gasteiger partial charge in [-0.05, 0) is 42.5 Å². The summed E-state index contributed by atoms with van der Waals surface area (Å²) in [5, 5.41) is 0.0285. The molecule has 0 bridgehead atoms. The van der Waals surface area contributed by atoms with Crippen LogP contribution in [0.25, 0.3) is 17.0 Å². The van der Waals surface area contributed by atoms with Crippen LogP contribution in [0.5, 0.6) is 0 Å². The van der Waals surface area contributed by atoms with Crippen molar-refractivity contribution < 1.29 is 18.0 Å². The van der Waals surface area contributed by atoms with Crippen molar-refractivity contribution in [1.82, 2.24) is 9.97 Å². The lowest BCUT2D eigenvalue weighted by Crippen LogP contribution is -2.05. The zero-order valence-corrected chi connectivity index (χ0v) is 12.3. The van der Waals surface area contributed by atoms with Gasteiger partial charge in [0.1, 0.15) is 0 Å². The number of allylic oxidation sites excluding steroid dienone is 1. The number of fused-ring (bicyclic) bond motifs is 1. The third-order valence-electron chi connectivity index (χ3n) is 3.41. The number of benzene rings is 1. The Morgan fingerprint density at radius 2 is 1.88 bits per heavy atom. The van der Waals surface area contributed by atoms with Gasteiger partial charge >= 0.3 is 6.18 Å². The van der Waals surface area contributed by atoms with Crippen LogP contribution in [-0.4, -0.2) is 15.8 Å². The standard InChI is InChI=1S/C18H11F3N2O/c19-18(20,21)15-4-1-5-16-14(15)8-6-13(23-16)7-9-17(24)12-3-2-10-22-11-12/h1-11H/b9-7+. The van der Waals surface area contributed by atoms with Crippen LogP contribution in [0.3, 0.4) is 0 Å². The number of hydrogen-bond donors (Lipinski definition) is 0. The normalized spacial score (nSPS) is 12.0. The molecule has 3 rings (SSSR count). The van der Waals surface area contributed by atoms with Gasteiger partial charge in [-0.15, -0.1) is 0 Å². The quantitative estimate of drug-likeness (QED) is 0.523. The summed E-state index contributed by atoms with van der Waals surface area (Å²) in [4.78, 5) is 20.0. The minimum Gasteiger partial charge on any atom is -0.289 e. The Hall–Kier alpha value is -3.02. The first kappa shape index (κ1) is 15.9. The predicted molar refractivity (Wildman–Crippen MR) is 84.3 cm³/mol. The zero-order valence-electron chi connectivity index (χ0n) is 12.3. The SMILES string of the molecule is O=C(/C=C/c1ccc2c(C(F)(F)F)cccc2n1)c1cccnc1. The van der Waals surface area contributed by atoms with Crippen molar-refractivity contribution in [3.05, 3.63) is 77.8 Å². The molecular formula is C18H11F3N2O. The number of rotatable bonds is 3. The number of aromatic nitrogens is 2. The highest BCUT2D eigenvalue weighted by Crippen LogP contribution is 2.34. The van der Waals surface area contributed by atoms with Gasteiger partial charge in [0.2, 0.25) is 0 Å². The summed E-state index contributed by atoms with van der Waals surface area (Å²) in [5.74, 6) is -0.256. The summed E-state index contributed by atoms with van der Waals surface area (Å²) >= 11 is 0. The van der Waals surface area contributed by atoms with E-state index in [-0.39, 0.29) is 16.7 Å². The van der Waals surface area contributed by atoms with Gasteiger partial charge in [-0.2, -0.15) is 13.2 Å². The summed E-state index contributed by atoms with van der Waals surface area (Å²) in [6.07, 6.45) is 1.35. The molecule has 0 fully saturated rings. The summed E-state index contributed by atoms with van der Waals surface area (Å²) in [5.41, 5.74) is 0.322. The van der Waals surface area contributed by atoms with Gasteiger partial charge in [0, 0.05) is 23.3 Å². The fraction of sp³-hybridized carbons (Fsp3) is 0.0556. The van der Waals surface area contributed by atoms with E-state index in [1.165, 1.54) is 42.6 Å². The lowest BCUT2D eigenvalue weighted by Gasteiger charge is -2.09. The molecule has 2 aromatic heterocycles. The molecule has 0 amide bonds. The second kappa shape index (κ2) is 6.23. The Morgan fingerprint density at radius 3 is 2.58 bits per heavy atom. The molecule has 0 aliphatic carbocycles. The van der Waals surface area contributed by atoms with Crippen LogP contribution >= 0.6 is 0 Å². The molecule has 2 heterocycles. The summed E-state index contributed by atoms with van der Waals surface area (Å²) in [6, 6.07) is 9.92. The average Bonchev–Trinajstić information content (AvgIpc) is 2.58. The first-order valence-corrected chi connectivity index (χ1v) is 7.04. The number of halogens is 3. The third-order valence-corrected chi connectivity index (χ3v) is 3.41. The molecule has 0 atom stereocenters. The summed E-state index contributed by atoms with van der Waals surface area (Å²) < 4.78 is 38.9. The van der Waals surface area contributed by atoms with Crippen LogP contribution in [0.4, 0.5) is 13.2 Å². The molecule has 0 saturated carbocycles. The number of hydrogen-bond acceptors (Lipinski definition) is 3. The van der Waals surface area contributed by atoms with E-state index in [9.17, 15) is 18.0 Å². The minimum absolute atomic E-state index is 0.0285. The van der Waals surface area contributed by atoms with Crippen molar-refractivity contribution in [2.24, 2.45) is 0 Å². The Labute approximate surface area is 135 Å². The van der Waals surface area contributed by atoms with E-state index in [1.54, 1.807) is 18.3 Å². The van der Waals surface area contributed by atoms with Crippen molar-refractivity contribution >= 4 is 22.8 Å². The largest absolute Gasteiger partial charge is 0.417 e. The van der Waals surface area contributed by atoms with Gasteiger partial charge in [-0.25, -0.2) is 4.98 Å². The highest BCUT2D eigenvalue weighted by Gasteiger charge is 2.32. The van der Waals surface area contributed by atoms with Crippen LogP contribution in [0, 0.1) is 0 Å². The van der Waals surface area contributed by atoms with E-state index < -0.39 is 11.7 Å². The van der Waals surface area contributed by atoms with Crippen LogP contribution in [0.1, 0.15) is 21.6 Å². The first-order valence-electron chi connectivity index (χ1n) is 7.04. The Balaban J connectivity index is 1.92. The van der Waals surface area contributed by atoms with Crippen molar-refractivity contribution in [3.63, 3.8) is 0 Å². The molecule has 6 heteroatoms. The molecule has 3 nitrogen and oxygen atoms in total.